The number of rotatable bonds is 4. The minimum atomic E-state index is -5.12. The SMILES string of the molecule is CC(C)(C)OC[C@H](NC(=O)C(F)(F)F)C(=O)O. The first kappa shape index (κ1) is 15.7. The highest BCUT2D eigenvalue weighted by Gasteiger charge is 2.41. The summed E-state index contributed by atoms with van der Waals surface area (Å²) in [5.41, 5.74) is -0.712. The largest absolute Gasteiger partial charge is 0.480 e. The third-order valence-electron chi connectivity index (χ3n) is 1.54. The molecule has 5 nitrogen and oxygen atoms in total. The number of amides is 1. The molecule has 0 aromatic heterocycles. The molecule has 0 aromatic carbocycles. The number of carbonyl (C=O) groups is 2. The van der Waals surface area contributed by atoms with Crippen LogP contribution in [0.5, 0.6) is 0 Å². The van der Waals surface area contributed by atoms with Crippen LogP contribution in [0.3, 0.4) is 0 Å². The molecule has 0 rings (SSSR count). The number of aliphatic carboxylic acids is 1. The molecule has 17 heavy (non-hydrogen) atoms. The Hall–Kier alpha value is -1.31. The first-order valence-electron chi connectivity index (χ1n) is 4.68. The minimum absolute atomic E-state index is 0.541. The van der Waals surface area contributed by atoms with Gasteiger partial charge < -0.3 is 15.2 Å². The van der Waals surface area contributed by atoms with E-state index in [4.69, 9.17) is 9.84 Å². The normalized spacial score (nSPS) is 14.2. The molecule has 0 bridgehead atoms. The van der Waals surface area contributed by atoms with Gasteiger partial charge in [-0.3, -0.25) is 4.79 Å². The lowest BCUT2D eigenvalue weighted by molar-refractivity contribution is -0.176. The highest BCUT2D eigenvalue weighted by atomic mass is 19.4. The molecule has 0 radical (unpaired) electrons. The summed E-state index contributed by atoms with van der Waals surface area (Å²) in [4.78, 5) is 21.2. The molecule has 8 heteroatoms. The van der Waals surface area contributed by atoms with Crippen molar-refractivity contribution in [3.8, 4) is 0 Å². The van der Waals surface area contributed by atoms with Crippen molar-refractivity contribution in [2.24, 2.45) is 0 Å². The van der Waals surface area contributed by atoms with Crippen molar-refractivity contribution in [3.05, 3.63) is 0 Å². The Morgan fingerprint density at radius 3 is 2.06 bits per heavy atom. The molecule has 0 saturated carbocycles. The number of hydrogen-bond acceptors (Lipinski definition) is 3. The Morgan fingerprint density at radius 2 is 1.76 bits per heavy atom. The number of halogens is 3. The predicted molar refractivity (Wildman–Crippen MR) is 51.3 cm³/mol. The van der Waals surface area contributed by atoms with Crippen molar-refractivity contribution in [1.82, 2.24) is 5.32 Å². The maximum absolute atomic E-state index is 11.9. The van der Waals surface area contributed by atoms with E-state index in [-0.39, 0.29) is 0 Å². The van der Waals surface area contributed by atoms with E-state index >= 15 is 0 Å². The monoisotopic (exact) mass is 257 g/mol. The van der Waals surface area contributed by atoms with Crippen LogP contribution in [-0.4, -0.2) is 41.4 Å². The van der Waals surface area contributed by atoms with Crippen LogP contribution in [0.15, 0.2) is 0 Å². The minimum Gasteiger partial charge on any atom is -0.480 e. The molecule has 2 N–H and O–H groups in total. The fourth-order valence-electron chi connectivity index (χ4n) is 0.748. The molecule has 1 atom stereocenters. The van der Waals surface area contributed by atoms with E-state index in [2.05, 4.69) is 0 Å². The third-order valence-corrected chi connectivity index (χ3v) is 1.54. The number of ether oxygens (including phenoxy) is 1. The van der Waals surface area contributed by atoms with Gasteiger partial charge in [-0.05, 0) is 20.8 Å². The summed E-state index contributed by atoms with van der Waals surface area (Å²) < 4.78 is 40.7. The van der Waals surface area contributed by atoms with Crippen LogP contribution in [0.4, 0.5) is 13.2 Å². The van der Waals surface area contributed by atoms with Gasteiger partial charge in [-0.25, -0.2) is 4.79 Å². The third kappa shape index (κ3) is 6.77. The maximum atomic E-state index is 11.9. The average molecular weight is 257 g/mol. The van der Waals surface area contributed by atoms with Crippen molar-refractivity contribution in [2.75, 3.05) is 6.61 Å². The van der Waals surface area contributed by atoms with Crippen LogP contribution in [0.1, 0.15) is 20.8 Å². The molecule has 1 amide bonds. The summed E-state index contributed by atoms with van der Waals surface area (Å²) in [6, 6.07) is -1.73. The van der Waals surface area contributed by atoms with Crippen molar-refractivity contribution < 1.29 is 32.6 Å². The molecule has 100 valence electrons. The van der Waals surface area contributed by atoms with Crippen LogP contribution in [0, 0.1) is 0 Å². The number of carboxylic acid groups (broad SMARTS) is 1. The van der Waals surface area contributed by atoms with E-state index in [1.165, 1.54) is 5.32 Å². The van der Waals surface area contributed by atoms with E-state index in [1.54, 1.807) is 20.8 Å². The molecule has 0 spiro atoms. The fourth-order valence-corrected chi connectivity index (χ4v) is 0.748. The second-order valence-corrected chi connectivity index (χ2v) is 4.29. The van der Waals surface area contributed by atoms with Gasteiger partial charge in [0.25, 0.3) is 0 Å². The molecule has 0 aromatic rings. The first-order valence-corrected chi connectivity index (χ1v) is 4.68. The number of alkyl halides is 3. The van der Waals surface area contributed by atoms with Gasteiger partial charge in [-0.15, -0.1) is 0 Å². The van der Waals surface area contributed by atoms with Gasteiger partial charge in [0.2, 0.25) is 0 Å². The lowest BCUT2D eigenvalue weighted by Crippen LogP contribution is -2.49. The van der Waals surface area contributed by atoms with Crippen molar-refractivity contribution in [3.63, 3.8) is 0 Å². The summed E-state index contributed by atoms with van der Waals surface area (Å²) >= 11 is 0. The molecule has 0 aliphatic rings. The second-order valence-electron chi connectivity index (χ2n) is 4.29. The topological polar surface area (TPSA) is 75.6 Å². The lowest BCUT2D eigenvalue weighted by atomic mass is 10.2. The van der Waals surface area contributed by atoms with Crippen LogP contribution in [0.25, 0.3) is 0 Å². The predicted octanol–water partition coefficient (Wildman–Crippen LogP) is 0.933. The number of nitrogens with one attached hydrogen (secondary N) is 1. The van der Waals surface area contributed by atoms with Crippen LogP contribution in [0.2, 0.25) is 0 Å². The number of carboxylic acids is 1. The van der Waals surface area contributed by atoms with Gasteiger partial charge in [0.1, 0.15) is 0 Å². The Balaban J connectivity index is 4.47. The molecular weight excluding hydrogens is 243 g/mol. The smallest absolute Gasteiger partial charge is 0.471 e. The maximum Gasteiger partial charge on any atom is 0.471 e. The quantitative estimate of drug-likeness (QED) is 0.785. The van der Waals surface area contributed by atoms with Gasteiger partial charge in [0, 0.05) is 0 Å². The standard InChI is InChI=1S/C9H14F3NO4/c1-8(2,3)17-4-5(6(14)15)13-7(16)9(10,11)12/h5H,4H2,1-3H3,(H,13,16)(H,14,15)/t5-/m0/s1. The van der Waals surface area contributed by atoms with Crippen LogP contribution >= 0.6 is 0 Å². The van der Waals surface area contributed by atoms with Gasteiger partial charge in [-0.1, -0.05) is 0 Å². The molecule has 0 unspecified atom stereocenters. The van der Waals surface area contributed by atoms with E-state index in [0.29, 0.717) is 0 Å². The second kappa shape index (κ2) is 5.35. The molecule has 0 aliphatic heterocycles. The summed E-state index contributed by atoms with van der Waals surface area (Å²) in [5.74, 6) is -3.89. The van der Waals surface area contributed by atoms with E-state index < -0.39 is 36.3 Å². The number of carbonyl (C=O) groups excluding carboxylic acids is 1. The highest BCUT2D eigenvalue weighted by molar-refractivity contribution is 5.86. The highest BCUT2D eigenvalue weighted by Crippen LogP contribution is 2.15. The van der Waals surface area contributed by atoms with Crippen molar-refractivity contribution in [1.29, 1.82) is 0 Å². The van der Waals surface area contributed by atoms with Crippen molar-refractivity contribution >= 4 is 11.9 Å². The molecule has 0 aliphatic carbocycles. The summed E-state index contributed by atoms with van der Waals surface area (Å²) in [6.45, 7) is 4.28. The Bertz CT molecular complexity index is 296. The van der Waals surface area contributed by atoms with Crippen LogP contribution < -0.4 is 5.32 Å². The zero-order valence-corrected chi connectivity index (χ0v) is 9.59. The molecule has 0 fully saturated rings. The Morgan fingerprint density at radius 1 is 1.29 bits per heavy atom. The molecule has 0 saturated heterocycles. The molecular formula is C9H14F3NO4. The summed E-state index contributed by atoms with van der Waals surface area (Å²) in [7, 11) is 0. The van der Waals surface area contributed by atoms with Crippen molar-refractivity contribution in [2.45, 2.75) is 38.6 Å². The van der Waals surface area contributed by atoms with Crippen LogP contribution in [-0.2, 0) is 14.3 Å². The van der Waals surface area contributed by atoms with E-state index in [0.717, 1.165) is 0 Å². The summed E-state index contributed by atoms with van der Waals surface area (Å²) in [5, 5.41) is 9.96. The number of hydrogen-bond donors (Lipinski definition) is 2. The van der Waals surface area contributed by atoms with E-state index in [1.807, 2.05) is 0 Å². The van der Waals surface area contributed by atoms with Gasteiger partial charge in [0.15, 0.2) is 6.04 Å². The Labute approximate surface area is 95.9 Å². The zero-order valence-electron chi connectivity index (χ0n) is 9.59. The average Bonchev–Trinajstić information content (AvgIpc) is 2.07. The van der Waals surface area contributed by atoms with Gasteiger partial charge in [-0.2, -0.15) is 13.2 Å². The summed E-state index contributed by atoms with van der Waals surface area (Å²) in [6.07, 6.45) is -5.12. The lowest BCUT2D eigenvalue weighted by Gasteiger charge is -2.23. The molecule has 0 heterocycles. The Kier molecular flexibility index (Phi) is 4.94. The van der Waals surface area contributed by atoms with Gasteiger partial charge >= 0.3 is 18.1 Å². The fraction of sp³-hybridized carbons (Fsp3) is 0.778. The zero-order chi connectivity index (χ0) is 13.9. The van der Waals surface area contributed by atoms with E-state index in [9.17, 15) is 22.8 Å². The first-order chi connectivity index (χ1) is 7.43. The van der Waals surface area contributed by atoms with Gasteiger partial charge in [0.05, 0.1) is 12.2 Å².